The fourth-order valence-corrected chi connectivity index (χ4v) is 2.22. The highest BCUT2D eigenvalue weighted by molar-refractivity contribution is 5.85. The van der Waals surface area contributed by atoms with Crippen LogP contribution in [0.2, 0.25) is 0 Å². The second-order valence-corrected chi connectivity index (χ2v) is 4.42. The van der Waals surface area contributed by atoms with Crippen LogP contribution in [0.4, 0.5) is 11.4 Å². The Morgan fingerprint density at radius 3 is 2.47 bits per heavy atom. The van der Waals surface area contributed by atoms with Crippen molar-refractivity contribution in [1.82, 2.24) is 9.63 Å². The molecular weight excluding hydrogens is 274 g/mol. The Bertz CT molecular complexity index is 489. The molecule has 1 aliphatic rings. The van der Waals surface area contributed by atoms with Crippen LogP contribution in [0.3, 0.4) is 0 Å². The SMILES string of the molecule is Cc1cc([N+]2([O-])CCOCC2)c([N+](=O)[O-])c(C)n1.Cl. The van der Waals surface area contributed by atoms with Crippen LogP contribution in [0.5, 0.6) is 0 Å². The molecule has 0 atom stereocenters. The topological polar surface area (TPSA) is 88.3 Å². The Labute approximate surface area is 116 Å². The first kappa shape index (κ1) is 15.8. The maximum Gasteiger partial charge on any atom is 0.350 e. The third-order valence-electron chi connectivity index (χ3n) is 3.09. The zero-order chi connectivity index (χ0) is 13.3. The first-order chi connectivity index (χ1) is 8.44. The van der Waals surface area contributed by atoms with Crippen LogP contribution in [0.25, 0.3) is 0 Å². The molecule has 0 bridgehead atoms. The maximum absolute atomic E-state index is 12.7. The van der Waals surface area contributed by atoms with Gasteiger partial charge in [0, 0.05) is 11.8 Å². The van der Waals surface area contributed by atoms with E-state index in [2.05, 4.69) is 4.98 Å². The molecule has 2 heterocycles. The molecule has 0 aromatic carbocycles. The van der Waals surface area contributed by atoms with Gasteiger partial charge in [-0.05, 0) is 13.8 Å². The zero-order valence-electron chi connectivity index (χ0n) is 10.8. The average molecular weight is 290 g/mol. The van der Waals surface area contributed by atoms with E-state index in [0.717, 1.165) is 0 Å². The van der Waals surface area contributed by atoms with Crippen LogP contribution in [0.15, 0.2) is 6.07 Å². The van der Waals surface area contributed by atoms with Gasteiger partial charge in [-0.3, -0.25) is 15.1 Å². The molecule has 2 rings (SSSR count). The van der Waals surface area contributed by atoms with E-state index >= 15 is 0 Å². The predicted octanol–water partition coefficient (Wildman–Crippen LogP) is 1.86. The van der Waals surface area contributed by atoms with Crippen molar-refractivity contribution in [2.75, 3.05) is 26.3 Å². The summed E-state index contributed by atoms with van der Waals surface area (Å²) in [6.07, 6.45) is 0. The second-order valence-electron chi connectivity index (χ2n) is 4.42. The summed E-state index contributed by atoms with van der Waals surface area (Å²) < 4.78 is 4.44. The lowest BCUT2D eigenvalue weighted by Gasteiger charge is -2.43. The number of morpholine rings is 1. The van der Waals surface area contributed by atoms with Gasteiger partial charge in [0.2, 0.25) is 5.69 Å². The van der Waals surface area contributed by atoms with Crippen molar-refractivity contribution in [3.05, 3.63) is 32.8 Å². The molecule has 1 fully saturated rings. The number of nitro groups is 1. The van der Waals surface area contributed by atoms with Crippen molar-refractivity contribution in [1.29, 1.82) is 0 Å². The summed E-state index contributed by atoms with van der Waals surface area (Å²) in [6, 6.07) is 1.52. The number of hydrogen-bond donors (Lipinski definition) is 0. The van der Waals surface area contributed by atoms with Gasteiger partial charge in [-0.2, -0.15) is 0 Å². The molecule has 0 saturated carbocycles. The average Bonchev–Trinajstić information content (AvgIpc) is 2.28. The summed E-state index contributed by atoms with van der Waals surface area (Å²) in [5.41, 5.74) is 0.925. The van der Waals surface area contributed by atoms with Gasteiger partial charge in [0.15, 0.2) is 0 Å². The van der Waals surface area contributed by atoms with Crippen molar-refractivity contribution in [2.45, 2.75) is 13.8 Å². The summed E-state index contributed by atoms with van der Waals surface area (Å²) in [7, 11) is 0. The van der Waals surface area contributed by atoms with Crippen LogP contribution >= 0.6 is 12.4 Å². The van der Waals surface area contributed by atoms with Crippen LogP contribution in [-0.2, 0) is 4.74 Å². The molecule has 0 spiro atoms. The fraction of sp³-hybridized carbons (Fsp3) is 0.545. The molecule has 1 aromatic heterocycles. The van der Waals surface area contributed by atoms with Crippen LogP contribution in [0, 0.1) is 29.2 Å². The Morgan fingerprint density at radius 1 is 1.37 bits per heavy atom. The highest BCUT2D eigenvalue weighted by Crippen LogP contribution is 2.36. The summed E-state index contributed by atoms with van der Waals surface area (Å²) >= 11 is 0. The van der Waals surface area contributed by atoms with E-state index in [1.807, 2.05) is 0 Å². The Hall–Kier alpha value is -1.28. The normalized spacial score (nSPS) is 17.6. The number of aryl methyl sites for hydroxylation is 2. The number of rotatable bonds is 2. The third-order valence-corrected chi connectivity index (χ3v) is 3.09. The minimum atomic E-state index is -0.708. The van der Waals surface area contributed by atoms with Gasteiger partial charge in [0.25, 0.3) is 0 Å². The van der Waals surface area contributed by atoms with Gasteiger partial charge >= 0.3 is 5.69 Å². The van der Waals surface area contributed by atoms with E-state index < -0.39 is 9.57 Å². The van der Waals surface area contributed by atoms with Gasteiger partial charge in [0.05, 0.1) is 18.1 Å². The van der Waals surface area contributed by atoms with Crippen molar-refractivity contribution in [3.63, 3.8) is 0 Å². The number of hydrogen-bond acceptors (Lipinski definition) is 5. The van der Waals surface area contributed by atoms with Gasteiger partial charge in [0.1, 0.15) is 18.8 Å². The number of pyridine rings is 1. The second kappa shape index (κ2) is 5.79. The van der Waals surface area contributed by atoms with E-state index in [0.29, 0.717) is 18.9 Å². The molecule has 0 aliphatic carbocycles. The van der Waals surface area contributed by atoms with E-state index in [9.17, 15) is 15.3 Å². The minimum Gasteiger partial charge on any atom is -0.627 e. The smallest absolute Gasteiger partial charge is 0.350 e. The Balaban J connectivity index is 0.00000180. The maximum atomic E-state index is 12.7. The van der Waals surface area contributed by atoms with Gasteiger partial charge in [-0.1, -0.05) is 0 Å². The van der Waals surface area contributed by atoms with Crippen LogP contribution in [0.1, 0.15) is 11.4 Å². The summed E-state index contributed by atoms with van der Waals surface area (Å²) in [5, 5.41) is 23.8. The molecule has 19 heavy (non-hydrogen) atoms. The first-order valence-electron chi connectivity index (χ1n) is 5.73. The van der Waals surface area contributed by atoms with Crippen molar-refractivity contribution < 1.29 is 9.66 Å². The highest BCUT2D eigenvalue weighted by Gasteiger charge is 2.34. The predicted molar refractivity (Wildman–Crippen MR) is 73.3 cm³/mol. The van der Waals surface area contributed by atoms with Crippen LogP contribution < -0.4 is 4.65 Å². The molecule has 0 N–H and O–H groups in total. The molecule has 8 heteroatoms. The van der Waals surface area contributed by atoms with Gasteiger partial charge < -0.3 is 14.6 Å². The zero-order valence-corrected chi connectivity index (χ0v) is 11.6. The third kappa shape index (κ3) is 3.01. The Morgan fingerprint density at radius 2 is 1.95 bits per heavy atom. The number of hydroxylamine groups is 2. The van der Waals surface area contributed by atoms with Crippen molar-refractivity contribution in [3.8, 4) is 0 Å². The van der Waals surface area contributed by atoms with E-state index in [1.54, 1.807) is 13.8 Å². The molecule has 1 aliphatic heterocycles. The number of halogens is 1. The molecular formula is C11H16ClN3O4. The minimum absolute atomic E-state index is 0. The molecule has 0 unspecified atom stereocenters. The molecule has 0 radical (unpaired) electrons. The molecule has 1 saturated heterocycles. The van der Waals surface area contributed by atoms with Crippen LogP contribution in [-0.4, -0.2) is 36.2 Å². The highest BCUT2D eigenvalue weighted by atomic mass is 35.5. The number of nitrogens with zero attached hydrogens (tertiary/aromatic N) is 3. The lowest BCUT2D eigenvalue weighted by atomic mass is 10.2. The first-order valence-corrected chi connectivity index (χ1v) is 5.73. The Kier molecular flexibility index (Phi) is 4.81. The number of quaternary nitrogens is 1. The van der Waals surface area contributed by atoms with Crippen molar-refractivity contribution >= 4 is 23.8 Å². The monoisotopic (exact) mass is 289 g/mol. The van der Waals surface area contributed by atoms with E-state index in [4.69, 9.17) is 4.74 Å². The molecule has 7 nitrogen and oxygen atoms in total. The molecule has 106 valence electrons. The standard InChI is InChI=1S/C11H15N3O4.ClH/c1-8-7-10(11(13(15)16)9(2)12-8)14(17)3-5-18-6-4-14;/h7H,3-6H2,1-2H3;1H. The summed E-state index contributed by atoms with van der Waals surface area (Å²) in [5.74, 6) is 0. The van der Waals surface area contributed by atoms with Crippen molar-refractivity contribution in [2.24, 2.45) is 0 Å². The van der Waals surface area contributed by atoms with E-state index in [1.165, 1.54) is 6.07 Å². The largest absolute Gasteiger partial charge is 0.627 e. The van der Waals surface area contributed by atoms with E-state index in [-0.39, 0.29) is 42.6 Å². The molecule has 1 aromatic rings. The van der Waals surface area contributed by atoms with Gasteiger partial charge in [-0.15, -0.1) is 12.4 Å². The lowest BCUT2D eigenvalue weighted by Crippen LogP contribution is -2.51. The summed E-state index contributed by atoms with van der Waals surface area (Å²) in [6.45, 7) is 4.32. The van der Waals surface area contributed by atoms with Gasteiger partial charge in [-0.25, -0.2) is 0 Å². The molecule has 0 amide bonds. The summed E-state index contributed by atoms with van der Waals surface area (Å²) in [4.78, 5) is 14.7. The quantitative estimate of drug-likeness (QED) is 0.359. The number of aromatic nitrogens is 1. The number of ether oxygens (including phenoxy) is 1. The lowest BCUT2D eigenvalue weighted by molar-refractivity contribution is -0.385. The fourth-order valence-electron chi connectivity index (χ4n) is 2.22.